The van der Waals surface area contributed by atoms with Gasteiger partial charge in [0.05, 0.1) is 23.4 Å². The molecule has 1 aromatic carbocycles. The molecule has 118 valence electrons. The van der Waals surface area contributed by atoms with Gasteiger partial charge in [0.2, 0.25) is 10.0 Å². The quantitative estimate of drug-likeness (QED) is 0.873. The van der Waals surface area contributed by atoms with Crippen molar-refractivity contribution >= 4 is 27.6 Å². The van der Waals surface area contributed by atoms with E-state index in [0.717, 1.165) is 12.3 Å². The number of aromatic nitrogens is 1. The first kappa shape index (κ1) is 15.4. The van der Waals surface area contributed by atoms with E-state index in [2.05, 4.69) is 9.71 Å². The molecular formula is C16H13FN2O3S. The lowest BCUT2D eigenvalue weighted by atomic mass is 9.93. The molecule has 1 aliphatic carbocycles. The van der Waals surface area contributed by atoms with E-state index in [9.17, 15) is 17.6 Å². The molecule has 0 fully saturated rings. The zero-order valence-electron chi connectivity index (χ0n) is 12.2. The largest absolute Gasteiger partial charge is 0.293 e. The van der Waals surface area contributed by atoms with Crippen LogP contribution in [0.15, 0.2) is 42.6 Å². The molecule has 23 heavy (non-hydrogen) atoms. The number of benzene rings is 1. The second-order valence-corrected chi connectivity index (χ2v) is 7.00. The highest BCUT2D eigenvalue weighted by atomic mass is 32.2. The lowest BCUT2D eigenvalue weighted by Gasteiger charge is -2.12. The predicted octanol–water partition coefficient (Wildman–Crippen LogP) is 2.59. The number of fused-ring (bicyclic) bond motifs is 1. The van der Waals surface area contributed by atoms with Gasteiger partial charge in [0.25, 0.3) is 0 Å². The maximum Gasteiger partial charge on any atom is 0.229 e. The summed E-state index contributed by atoms with van der Waals surface area (Å²) < 4.78 is 38.8. The summed E-state index contributed by atoms with van der Waals surface area (Å²) in [5, 5.41) is 0. The first-order chi connectivity index (χ1) is 10.8. The number of hydrogen-bond donors (Lipinski definition) is 1. The fraction of sp³-hybridized carbons (Fsp3) is 0.125. The Labute approximate surface area is 132 Å². The van der Waals surface area contributed by atoms with Crippen molar-refractivity contribution in [2.24, 2.45) is 0 Å². The number of halogens is 1. The molecule has 1 atom stereocenters. The van der Waals surface area contributed by atoms with Crippen LogP contribution in [0.1, 0.15) is 27.5 Å². The third-order valence-corrected chi connectivity index (χ3v) is 4.08. The summed E-state index contributed by atoms with van der Waals surface area (Å²) in [6.07, 6.45) is 5.98. The van der Waals surface area contributed by atoms with Crippen molar-refractivity contribution in [1.29, 1.82) is 0 Å². The minimum Gasteiger partial charge on any atom is -0.293 e. The highest BCUT2D eigenvalue weighted by Gasteiger charge is 2.27. The fourth-order valence-electron chi connectivity index (χ4n) is 2.51. The summed E-state index contributed by atoms with van der Waals surface area (Å²) in [4.78, 5) is 16.8. The Kier molecular flexibility index (Phi) is 3.73. The Morgan fingerprint density at radius 3 is 2.83 bits per heavy atom. The van der Waals surface area contributed by atoms with Crippen molar-refractivity contribution < 1.29 is 17.6 Å². The van der Waals surface area contributed by atoms with Gasteiger partial charge in [0, 0.05) is 11.9 Å². The van der Waals surface area contributed by atoms with Gasteiger partial charge >= 0.3 is 0 Å². The topological polar surface area (TPSA) is 76.1 Å². The summed E-state index contributed by atoms with van der Waals surface area (Å²) in [5.74, 6) is -1.76. The van der Waals surface area contributed by atoms with Gasteiger partial charge in [0.1, 0.15) is 5.82 Å². The fourth-order valence-corrected chi connectivity index (χ4v) is 3.07. The second kappa shape index (κ2) is 5.58. The minimum absolute atomic E-state index is 0.144. The van der Waals surface area contributed by atoms with E-state index in [1.807, 2.05) is 0 Å². The number of rotatable bonds is 4. The lowest BCUT2D eigenvalue weighted by Crippen LogP contribution is -2.14. The van der Waals surface area contributed by atoms with Crippen LogP contribution in [0.2, 0.25) is 0 Å². The van der Waals surface area contributed by atoms with Crippen molar-refractivity contribution in [1.82, 2.24) is 4.98 Å². The normalized spacial score (nSPS) is 16.2. The lowest BCUT2D eigenvalue weighted by molar-refractivity contribution is 0.0973. The Hall–Kier alpha value is -2.54. The first-order valence-corrected chi connectivity index (χ1v) is 8.69. The molecule has 0 radical (unpaired) electrons. The number of allylic oxidation sites excluding steroid dienone is 1. The zero-order chi connectivity index (χ0) is 16.6. The number of nitrogens with one attached hydrogen (secondary N) is 1. The molecule has 0 saturated heterocycles. The number of ketones is 1. The van der Waals surface area contributed by atoms with Crippen molar-refractivity contribution in [2.75, 3.05) is 11.0 Å². The van der Waals surface area contributed by atoms with E-state index >= 15 is 0 Å². The van der Waals surface area contributed by atoms with Gasteiger partial charge in [-0.15, -0.1) is 0 Å². The molecule has 1 heterocycles. The summed E-state index contributed by atoms with van der Waals surface area (Å²) in [6, 6.07) is 7.03. The summed E-state index contributed by atoms with van der Waals surface area (Å²) >= 11 is 0. The molecule has 0 bridgehead atoms. The molecule has 1 N–H and O–H groups in total. The van der Waals surface area contributed by atoms with Crippen LogP contribution in [-0.4, -0.2) is 25.4 Å². The van der Waals surface area contributed by atoms with E-state index in [1.54, 1.807) is 30.5 Å². The molecule has 5 nitrogen and oxygen atoms in total. The highest BCUT2D eigenvalue weighted by Crippen LogP contribution is 2.32. The number of anilines is 1. The maximum atomic E-state index is 14.0. The van der Waals surface area contributed by atoms with E-state index in [1.165, 1.54) is 12.1 Å². The Bertz CT molecular complexity index is 923. The number of carbonyl (C=O) groups is 1. The second-order valence-electron chi connectivity index (χ2n) is 5.25. The average Bonchev–Trinajstić information content (AvgIpc) is 2.91. The van der Waals surface area contributed by atoms with Gasteiger partial charge < -0.3 is 0 Å². The summed E-state index contributed by atoms with van der Waals surface area (Å²) in [6.45, 7) is 0. The van der Waals surface area contributed by atoms with E-state index in [-0.39, 0.29) is 11.3 Å². The van der Waals surface area contributed by atoms with E-state index < -0.39 is 27.5 Å². The van der Waals surface area contributed by atoms with Gasteiger partial charge in [-0.2, -0.15) is 0 Å². The molecule has 1 aliphatic rings. The third kappa shape index (κ3) is 3.14. The van der Waals surface area contributed by atoms with Crippen LogP contribution in [0.25, 0.3) is 6.08 Å². The standard InChI is InChI=1S/C16H13FN2O3S/c1-23(21,22)19-10-4-6-14(17)13(9-10)16(20)12-5-7-15-11(12)3-2-8-18-15/h2-9,12,19H,1H3. The zero-order valence-corrected chi connectivity index (χ0v) is 13.0. The molecule has 7 heteroatoms. The first-order valence-electron chi connectivity index (χ1n) is 6.80. The van der Waals surface area contributed by atoms with Crippen molar-refractivity contribution in [3.8, 4) is 0 Å². The molecule has 0 aliphatic heterocycles. The molecule has 0 amide bonds. The van der Waals surface area contributed by atoms with Crippen LogP contribution < -0.4 is 4.72 Å². The van der Waals surface area contributed by atoms with Crippen LogP contribution in [0.3, 0.4) is 0 Å². The molecule has 0 spiro atoms. The monoisotopic (exact) mass is 332 g/mol. The number of hydrogen-bond acceptors (Lipinski definition) is 4. The Morgan fingerprint density at radius 2 is 2.09 bits per heavy atom. The number of nitrogens with zero attached hydrogens (tertiary/aromatic N) is 1. The van der Waals surface area contributed by atoms with Crippen LogP contribution in [0, 0.1) is 5.82 Å². The van der Waals surface area contributed by atoms with Crippen molar-refractivity contribution in [3.63, 3.8) is 0 Å². The van der Waals surface area contributed by atoms with E-state index in [0.29, 0.717) is 11.3 Å². The number of carbonyl (C=O) groups excluding carboxylic acids is 1. The molecule has 0 saturated carbocycles. The number of pyridine rings is 1. The molecular weight excluding hydrogens is 319 g/mol. The van der Waals surface area contributed by atoms with Gasteiger partial charge in [-0.1, -0.05) is 12.1 Å². The smallest absolute Gasteiger partial charge is 0.229 e. The number of sulfonamides is 1. The Morgan fingerprint density at radius 1 is 1.30 bits per heavy atom. The molecule has 1 unspecified atom stereocenters. The summed E-state index contributed by atoms with van der Waals surface area (Å²) in [7, 11) is -3.51. The molecule has 3 rings (SSSR count). The van der Waals surface area contributed by atoms with Gasteiger partial charge in [-0.25, -0.2) is 12.8 Å². The van der Waals surface area contributed by atoms with Crippen LogP contribution >= 0.6 is 0 Å². The average molecular weight is 332 g/mol. The number of Topliss-reactive ketones (excluding diaryl/α,β-unsaturated/α-hetero) is 1. The van der Waals surface area contributed by atoms with Gasteiger partial charge in [-0.05, 0) is 35.9 Å². The van der Waals surface area contributed by atoms with Gasteiger partial charge in [0.15, 0.2) is 5.78 Å². The summed E-state index contributed by atoms with van der Waals surface area (Å²) in [5.41, 5.74) is 1.37. The predicted molar refractivity (Wildman–Crippen MR) is 85.2 cm³/mol. The molecule has 1 aromatic heterocycles. The maximum absolute atomic E-state index is 14.0. The SMILES string of the molecule is CS(=O)(=O)Nc1ccc(F)c(C(=O)C2C=Cc3ncccc32)c1. The molecule has 2 aromatic rings. The van der Waals surface area contributed by atoms with Crippen LogP contribution in [-0.2, 0) is 10.0 Å². The highest BCUT2D eigenvalue weighted by molar-refractivity contribution is 7.92. The third-order valence-electron chi connectivity index (χ3n) is 3.47. The van der Waals surface area contributed by atoms with E-state index in [4.69, 9.17) is 0 Å². The van der Waals surface area contributed by atoms with Crippen molar-refractivity contribution in [2.45, 2.75) is 5.92 Å². The van der Waals surface area contributed by atoms with Gasteiger partial charge in [-0.3, -0.25) is 14.5 Å². The van der Waals surface area contributed by atoms with Crippen LogP contribution in [0.5, 0.6) is 0 Å². The Balaban J connectivity index is 1.97. The minimum atomic E-state index is -3.51. The van der Waals surface area contributed by atoms with Crippen molar-refractivity contribution in [3.05, 3.63) is 65.2 Å². The van der Waals surface area contributed by atoms with Crippen LogP contribution in [0.4, 0.5) is 10.1 Å².